The molecule has 0 aromatic carbocycles. The Morgan fingerprint density at radius 1 is 1.41 bits per heavy atom. The van der Waals surface area contributed by atoms with Crippen LogP contribution in [0.4, 0.5) is 5.82 Å². The van der Waals surface area contributed by atoms with Gasteiger partial charge in [-0.15, -0.1) is 0 Å². The maximum atomic E-state index is 5.58. The van der Waals surface area contributed by atoms with Gasteiger partial charge in [0.2, 0.25) is 0 Å². The van der Waals surface area contributed by atoms with E-state index in [1.165, 1.54) is 0 Å². The first-order chi connectivity index (χ1) is 8.24. The smallest absolute Gasteiger partial charge is 0.128 e. The van der Waals surface area contributed by atoms with E-state index in [2.05, 4.69) is 40.8 Å². The van der Waals surface area contributed by atoms with Gasteiger partial charge in [-0.2, -0.15) is 0 Å². The summed E-state index contributed by atoms with van der Waals surface area (Å²) < 4.78 is 0. The molecule has 0 aliphatic carbocycles. The summed E-state index contributed by atoms with van der Waals surface area (Å²) in [6, 6.07) is 4.75. The molecule has 0 saturated carbocycles. The molecule has 2 rings (SSSR count). The van der Waals surface area contributed by atoms with Crippen LogP contribution in [-0.2, 0) is 6.54 Å². The molecule has 4 heteroatoms. The minimum Gasteiger partial charge on any atom is -0.354 e. The summed E-state index contributed by atoms with van der Waals surface area (Å²) in [5.41, 5.74) is 6.67. The third kappa shape index (κ3) is 2.76. The average Bonchev–Trinajstić information content (AvgIpc) is 2.39. The number of nitrogens with two attached hydrogens (primary N) is 1. The minimum atomic E-state index is 0.563. The van der Waals surface area contributed by atoms with Crippen molar-refractivity contribution < 1.29 is 0 Å². The lowest BCUT2D eigenvalue weighted by molar-refractivity contribution is 0.199. The Balaban J connectivity index is 2.03. The fourth-order valence-electron chi connectivity index (χ4n) is 2.40. The first kappa shape index (κ1) is 12.3. The first-order valence-electron chi connectivity index (χ1n) is 6.38. The van der Waals surface area contributed by atoms with E-state index in [4.69, 9.17) is 5.73 Å². The molecule has 1 unspecified atom stereocenters. The lowest BCUT2D eigenvalue weighted by atomic mass is 10.2. The maximum absolute atomic E-state index is 5.58. The standard InChI is InChI=1S/C13H22N4/c1-3-16-6-7-17(10-11(16)2)13-5-4-12(8-14)9-15-13/h4-5,9,11H,3,6-8,10,14H2,1-2H3. The summed E-state index contributed by atoms with van der Waals surface area (Å²) in [6.45, 7) is 9.44. The van der Waals surface area contributed by atoms with Crippen LogP contribution in [-0.4, -0.2) is 42.1 Å². The van der Waals surface area contributed by atoms with Gasteiger partial charge in [-0.05, 0) is 25.1 Å². The second-order valence-electron chi connectivity index (χ2n) is 4.65. The molecule has 1 aliphatic heterocycles. The van der Waals surface area contributed by atoms with Crippen molar-refractivity contribution in [2.75, 3.05) is 31.1 Å². The Bertz CT molecular complexity index is 349. The van der Waals surface area contributed by atoms with Crippen LogP contribution in [0, 0.1) is 0 Å². The summed E-state index contributed by atoms with van der Waals surface area (Å²) >= 11 is 0. The maximum Gasteiger partial charge on any atom is 0.128 e. The first-order valence-corrected chi connectivity index (χ1v) is 6.38. The van der Waals surface area contributed by atoms with Crippen molar-refractivity contribution in [1.82, 2.24) is 9.88 Å². The third-order valence-electron chi connectivity index (χ3n) is 3.54. The van der Waals surface area contributed by atoms with Gasteiger partial charge in [0.25, 0.3) is 0 Å². The van der Waals surface area contributed by atoms with Crippen LogP contribution in [0.2, 0.25) is 0 Å². The summed E-state index contributed by atoms with van der Waals surface area (Å²) in [5.74, 6) is 1.07. The number of piperazine rings is 1. The molecule has 1 aliphatic rings. The molecular formula is C13H22N4. The molecule has 4 nitrogen and oxygen atoms in total. The molecule has 17 heavy (non-hydrogen) atoms. The molecule has 0 spiro atoms. The Kier molecular flexibility index (Phi) is 3.97. The van der Waals surface area contributed by atoms with E-state index in [1.807, 2.05) is 6.20 Å². The van der Waals surface area contributed by atoms with Crippen LogP contribution < -0.4 is 10.6 Å². The molecule has 0 bridgehead atoms. The van der Waals surface area contributed by atoms with Gasteiger partial charge in [0.15, 0.2) is 0 Å². The molecule has 2 heterocycles. The Hall–Kier alpha value is -1.13. The number of aromatic nitrogens is 1. The lowest BCUT2D eigenvalue weighted by Gasteiger charge is -2.39. The number of nitrogens with zero attached hydrogens (tertiary/aromatic N) is 3. The molecule has 1 aromatic rings. The summed E-state index contributed by atoms with van der Waals surface area (Å²) in [6.07, 6.45) is 1.88. The van der Waals surface area contributed by atoms with E-state index in [0.29, 0.717) is 12.6 Å². The molecule has 94 valence electrons. The van der Waals surface area contributed by atoms with Gasteiger partial charge in [0.1, 0.15) is 5.82 Å². The SMILES string of the molecule is CCN1CCN(c2ccc(CN)cn2)CC1C. The Morgan fingerprint density at radius 2 is 2.24 bits per heavy atom. The van der Waals surface area contributed by atoms with E-state index >= 15 is 0 Å². The normalized spacial score (nSPS) is 21.8. The van der Waals surface area contributed by atoms with Gasteiger partial charge in [-0.3, -0.25) is 4.90 Å². The highest BCUT2D eigenvalue weighted by atomic mass is 15.3. The molecule has 1 fully saturated rings. The topological polar surface area (TPSA) is 45.4 Å². The quantitative estimate of drug-likeness (QED) is 0.850. The molecular weight excluding hydrogens is 212 g/mol. The largest absolute Gasteiger partial charge is 0.354 e. The van der Waals surface area contributed by atoms with Gasteiger partial charge < -0.3 is 10.6 Å². The molecule has 2 N–H and O–H groups in total. The van der Waals surface area contributed by atoms with Crippen LogP contribution in [0.5, 0.6) is 0 Å². The van der Waals surface area contributed by atoms with Crippen molar-refractivity contribution in [2.24, 2.45) is 5.73 Å². The van der Waals surface area contributed by atoms with Crippen molar-refractivity contribution >= 4 is 5.82 Å². The molecule has 0 radical (unpaired) electrons. The van der Waals surface area contributed by atoms with Crippen LogP contribution in [0.1, 0.15) is 19.4 Å². The summed E-state index contributed by atoms with van der Waals surface area (Å²) in [4.78, 5) is 9.35. The van der Waals surface area contributed by atoms with Crippen LogP contribution in [0.3, 0.4) is 0 Å². The Morgan fingerprint density at radius 3 is 2.76 bits per heavy atom. The zero-order valence-electron chi connectivity index (χ0n) is 10.8. The molecule has 1 saturated heterocycles. The van der Waals surface area contributed by atoms with E-state index in [1.54, 1.807) is 0 Å². The zero-order valence-corrected chi connectivity index (χ0v) is 10.8. The van der Waals surface area contributed by atoms with E-state index in [0.717, 1.165) is 37.6 Å². The number of rotatable bonds is 3. The number of likely N-dealkylation sites (N-methyl/N-ethyl adjacent to an activating group) is 1. The number of pyridine rings is 1. The summed E-state index contributed by atoms with van der Waals surface area (Å²) in [5, 5.41) is 0. The highest BCUT2D eigenvalue weighted by Crippen LogP contribution is 2.16. The van der Waals surface area contributed by atoms with E-state index in [9.17, 15) is 0 Å². The summed E-state index contributed by atoms with van der Waals surface area (Å²) in [7, 11) is 0. The zero-order chi connectivity index (χ0) is 12.3. The van der Waals surface area contributed by atoms with Crippen LogP contribution in [0.25, 0.3) is 0 Å². The van der Waals surface area contributed by atoms with Gasteiger partial charge in [-0.25, -0.2) is 4.98 Å². The van der Waals surface area contributed by atoms with Gasteiger partial charge in [-0.1, -0.05) is 13.0 Å². The highest BCUT2D eigenvalue weighted by molar-refractivity contribution is 5.40. The molecule has 0 amide bonds. The predicted molar refractivity (Wildman–Crippen MR) is 71.1 cm³/mol. The van der Waals surface area contributed by atoms with Crippen molar-refractivity contribution in [3.05, 3.63) is 23.9 Å². The highest BCUT2D eigenvalue weighted by Gasteiger charge is 2.22. The average molecular weight is 234 g/mol. The number of hydrogen-bond acceptors (Lipinski definition) is 4. The fourth-order valence-corrected chi connectivity index (χ4v) is 2.40. The van der Waals surface area contributed by atoms with Crippen molar-refractivity contribution in [3.63, 3.8) is 0 Å². The minimum absolute atomic E-state index is 0.563. The Labute approximate surface area is 103 Å². The number of anilines is 1. The van der Waals surface area contributed by atoms with E-state index < -0.39 is 0 Å². The van der Waals surface area contributed by atoms with E-state index in [-0.39, 0.29) is 0 Å². The molecule has 1 atom stereocenters. The van der Waals surface area contributed by atoms with Gasteiger partial charge >= 0.3 is 0 Å². The predicted octanol–water partition coefficient (Wildman–Crippen LogP) is 1.07. The lowest BCUT2D eigenvalue weighted by Crippen LogP contribution is -2.51. The third-order valence-corrected chi connectivity index (χ3v) is 3.54. The molecule has 1 aromatic heterocycles. The van der Waals surface area contributed by atoms with Crippen molar-refractivity contribution in [2.45, 2.75) is 26.4 Å². The second kappa shape index (κ2) is 5.47. The second-order valence-corrected chi connectivity index (χ2v) is 4.65. The van der Waals surface area contributed by atoms with Gasteiger partial charge in [0, 0.05) is 38.4 Å². The van der Waals surface area contributed by atoms with Crippen LogP contribution in [0.15, 0.2) is 18.3 Å². The fraction of sp³-hybridized carbons (Fsp3) is 0.615. The van der Waals surface area contributed by atoms with Crippen molar-refractivity contribution in [3.8, 4) is 0 Å². The van der Waals surface area contributed by atoms with Crippen molar-refractivity contribution in [1.29, 1.82) is 0 Å². The van der Waals surface area contributed by atoms with Gasteiger partial charge in [0.05, 0.1) is 0 Å². The van der Waals surface area contributed by atoms with Crippen LogP contribution >= 0.6 is 0 Å². The monoisotopic (exact) mass is 234 g/mol. The number of hydrogen-bond donors (Lipinski definition) is 1.